The third kappa shape index (κ3) is 10.2. The second kappa shape index (κ2) is 16.8. The summed E-state index contributed by atoms with van der Waals surface area (Å²) in [5.41, 5.74) is 25.9. The van der Waals surface area contributed by atoms with E-state index in [1.807, 2.05) is 18.2 Å². The lowest BCUT2D eigenvalue weighted by atomic mass is 9.89. The molecule has 2 aromatic carbocycles. The first-order valence-electron chi connectivity index (χ1n) is 15.1. The molecule has 0 aliphatic carbocycles. The van der Waals surface area contributed by atoms with Gasteiger partial charge < -0.3 is 54.4 Å². The summed E-state index contributed by atoms with van der Waals surface area (Å²) in [5.74, 6) is -3.20. The number of phenolic OH excluding ortho intramolecular Hbond substituents is 1. The highest BCUT2D eigenvalue weighted by Gasteiger charge is 2.33. The van der Waals surface area contributed by atoms with Gasteiger partial charge in [-0.25, -0.2) is 0 Å². The van der Waals surface area contributed by atoms with Crippen LogP contribution in [0.5, 0.6) is 5.75 Å². The third-order valence-electron chi connectivity index (χ3n) is 7.86. The molecular weight excluding hydrogens is 580 g/mol. The number of aromatic hydroxyl groups is 1. The van der Waals surface area contributed by atoms with Crippen molar-refractivity contribution in [2.45, 2.75) is 68.8 Å². The van der Waals surface area contributed by atoms with Crippen molar-refractivity contribution in [2.75, 3.05) is 26.2 Å². The quantitative estimate of drug-likeness (QED) is 0.131. The van der Waals surface area contributed by atoms with Crippen LogP contribution in [0.3, 0.4) is 0 Å². The fraction of sp³-hybridized carbons (Fsp3) is 0.484. The van der Waals surface area contributed by atoms with Gasteiger partial charge in [0, 0.05) is 37.9 Å². The second-order valence-electron chi connectivity index (χ2n) is 11.5. The van der Waals surface area contributed by atoms with Crippen LogP contribution in [0.15, 0.2) is 42.5 Å². The Balaban J connectivity index is 1.94. The fourth-order valence-electron chi connectivity index (χ4n) is 5.07. The number of nitrogens with one attached hydrogen (secondary N) is 4. The van der Waals surface area contributed by atoms with Crippen molar-refractivity contribution in [3.05, 3.63) is 53.6 Å². The minimum absolute atomic E-state index is 0.0274. The van der Waals surface area contributed by atoms with Crippen molar-refractivity contribution < 1.29 is 29.4 Å². The lowest BCUT2D eigenvalue weighted by Crippen LogP contribution is -2.58. The van der Waals surface area contributed by atoms with Crippen LogP contribution in [0.25, 0.3) is 11.1 Å². The first-order valence-corrected chi connectivity index (χ1v) is 15.1. The molecule has 4 bridgehead atoms. The van der Waals surface area contributed by atoms with Gasteiger partial charge in [-0.2, -0.15) is 0 Å². The van der Waals surface area contributed by atoms with Crippen molar-refractivity contribution >= 4 is 23.6 Å². The molecule has 2 unspecified atom stereocenters. The number of aliphatic hydroxyl groups excluding tert-OH is 1. The Morgan fingerprint density at radius 3 is 2.49 bits per heavy atom. The Morgan fingerprint density at radius 2 is 1.78 bits per heavy atom. The van der Waals surface area contributed by atoms with E-state index in [-0.39, 0.29) is 44.3 Å². The number of amides is 4. The number of aliphatic hydroxyl groups is 1. The maximum absolute atomic E-state index is 13.6. The monoisotopic (exact) mass is 626 g/mol. The van der Waals surface area contributed by atoms with Gasteiger partial charge in [0.2, 0.25) is 23.6 Å². The van der Waals surface area contributed by atoms with Crippen LogP contribution in [-0.4, -0.2) is 90.3 Å². The number of fused-ring (bicyclic) bond motifs is 5. The summed E-state index contributed by atoms with van der Waals surface area (Å²) in [6, 6.07) is 8.41. The number of rotatable bonds is 11. The molecule has 0 saturated carbocycles. The average Bonchev–Trinajstić information content (AvgIpc) is 3.03. The molecule has 14 N–H and O–H groups in total. The molecule has 45 heavy (non-hydrogen) atoms. The molecule has 1 heterocycles. The largest absolute Gasteiger partial charge is 0.508 e. The molecule has 0 radical (unpaired) electrons. The van der Waals surface area contributed by atoms with Crippen molar-refractivity contribution in [1.29, 1.82) is 0 Å². The fourth-order valence-corrected chi connectivity index (χ4v) is 5.07. The van der Waals surface area contributed by atoms with Gasteiger partial charge >= 0.3 is 0 Å². The molecule has 0 spiro atoms. The lowest BCUT2D eigenvalue weighted by Gasteiger charge is -2.28. The summed E-state index contributed by atoms with van der Waals surface area (Å²) in [4.78, 5) is 52.8. The number of carbonyl (C=O) groups excluding carboxylic acids is 4. The Morgan fingerprint density at radius 1 is 1.04 bits per heavy atom. The molecule has 0 saturated heterocycles. The Kier molecular flexibility index (Phi) is 13.2. The minimum Gasteiger partial charge on any atom is -0.508 e. The van der Waals surface area contributed by atoms with Crippen molar-refractivity contribution in [2.24, 2.45) is 22.9 Å². The second-order valence-corrected chi connectivity index (χ2v) is 11.5. The average molecular weight is 627 g/mol. The van der Waals surface area contributed by atoms with Crippen LogP contribution in [0.2, 0.25) is 0 Å². The molecule has 0 fully saturated rings. The van der Waals surface area contributed by atoms with E-state index in [2.05, 4.69) is 21.3 Å². The van der Waals surface area contributed by atoms with E-state index in [0.717, 1.165) is 17.5 Å². The third-order valence-corrected chi connectivity index (χ3v) is 7.86. The smallest absolute Gasteiger partial charge is 0.243 e. The summed E-state index contributed by atoms with van der Waals surface area (Å²) < 4.78 is 0. The SMILES string of the molecule is C[C@@H]1c2cccc(c2)-c2ccc(O)c(c2)CC(N)C(=O)N[C@@H](C[C@@H](O)CN)C(=O)NC1C(=O)NCC(=O)NC[C@@H](N)CCCN. The zero-order valence-electron chi connectivity index (χ0n) is 25.5. The van der Waals surface area contributed by atoms with E-state index in [9.17, 15) is 29.4 Å². The molecule has 1 aliphatic rings. The van der Waals surface area contributed by atoms with Crippen molar-refractivity contribution in [3.8, 4) is 16.9 Å². The number of hydrogen-bond acceptors (Lipinski definition) is 10. The number of phenols is 1. The molecule has 3 rings (SSSR count). The molecular formula is C31H46N8O6. The van der Waals surface area contributed by atoms with Gasteiger partial charge in [-0.15, -0.1) is 0 Å². The topological polar surface area (TPSA) is 261 Å². The van der Waals surface area contributed by atoms with E-state index >= 15 is 0 Å². The van der Waals surface area contributed by atoms with E-state index in [1.54, 1.807) is 25.1 Å². The van der Waals surface area contributed by atoms with Gasteiger partial charge in [0.15, 0.2) is 0 Å². The van der Waals surface area contributed by atoms with Crippen LogP contribution in [0.1, 0.15) is 43.2 Å². The summed E-state index contributed by atoms with van der Waals surface area (Å²) in [6.07, 6.45) is -0.0488. The molecule has 246 valence electrons. The minimum atomic E-state index is -1.29. The number of nitrogens with two attached hydrogens (primary N) is 4. The summed E-state index contributed by atoms with van der Waals surface area (Å²) >= 11 is 0. The molecule has 14 heteroatoms. The van der Waals surface area contributed by atoms with Crippen LogP contribution in [0, 0.1) is 0 Å². The molecule has 0 aromatic heterocycles. The van der Waals surface area contributed by atoms with E-state index < -0.39 is 53.8 Å². The number of carbonyl (C=O) groups is 4. The maximum atomic E-state index is 13.6. The highest BCUT2D eigenvalue weighted by atomic mass is 16.3. The normalized spacial score (nSPS) is 21.7. The van der Waals surface area contributed by atoms with E-state index in [1.165, 1.54) is 6.07 Å². The van der Waals surface area contributed by atoms with Crippen LogP contribution < -0.4 is 44.2 Å². The van der Waals surface area contributed by atoms with E-state index in [4.69, 9.17) is 22.9 Å². The predicted molar refractivity (Wildman–Crippen MR) is 169 cm³/mol. The zero-order chi connectivity index (χ0) is 33.1. The van der Waals surface area contributed by atoms with Crippen LogP contribution in [-0.2, 0) is 25.6 Å². The molecule has 1 aliphatic heterocycles. The predicted octanol–water partition coefficient (Wildman–Crippen LogP) is -1.98. The molecule has 2 aromatic rings. The molecule has 4 amide bonds. The zero-order valence-corrected chi connectivity index (χ0v) is 25.5. The Bertz CT molecular complexity index is 1340. The lowest BCUT2D eigenvalue weighted by molar-refractivity contribution is -0.133. The van der Waals surface area contributed by atoms with Gasteiger partial charge in [0.25, 0.3) is 0 Å². The summed E-state index contributed by atoms with van der Waals surface area (Å²) in [7, 11) is 0. The first-order chi connectivity index (χ1) is 21.4. The highest BCUT2D eigenvalue weighted by molar-refractivity contribution is 5.94. The van der Waals surface area contributed by atoms with Gasteiger partial charge in [-0.1, -0.05) is 37.3 Å². The molecule has 14 nitrogen and oxygen atoms in total. The molecule has 6 atom stereocenters. The standard InChI is InChI=1S/C31H46N8O6/c1-17-18-4-2-5-19(10-18)20-7-8-26(41)21(11-20)12-24(35)29(43)38-25(13-23(40)14-33)30(44)39-28(17)31(45)37-16-27(42)36-15-22(34)6-3-9-32/h2,4-5,7-8,10-11,17,22-25,28,40-41H,3,6,9,12-16,32-35H2,1H3,(H,36,42)(H,37,45)(H,38,43)(H,39,44)/t17-,22+,23-,24?,25+,28?/m1/s1. The van der Waals surface area contributed by atoms with E-state index in [0.29, 0.717) is 24.1 Å². The summed E-state index contributed by atoms with van der Waals surface area (Å²) in [5, 5.41) is 31.3. The number of benzene rings is 2. The van der Waals surface area contributed by atoms with Gasteiger partial charge in [-0.3, -0.25) is 19.2 Å². The van der Waals surface area contributed by atoms with Gasteiger partial charge in [0.05, 0.1) is 18.7 Å². The highest BCUT2D eigenvalue weighted by Crippen LogP contribution is 2.30. The first kappa shape index (κ1) is 35.4. The number of hydrogen-bond donors (Lipinski definition) is 10. The van der Waals surface area contributed by atoms with Gasteiger partial charge in [-0.05, 0) is 53.8 Å². The summed E-state index contributed by atoms with van der Waals surface area (Å²) in [6.45, 7) is 1.91. The van der Waals surface area contributed by atoms with Gasteiger partial charge in [0.1, 0.15) is 17.8 Å². The van der Waals surface area contributed by atoms with Crippen molar-refractivity contribution in [3.63, 3.8) is 0 Å². The maximum Gasteiger partial charge on any atom is 0.243 e. The van der Waals surface area contributed by atoms with Crippen LogP contribution >= 0.6 is 0 Å². The van der Waals surface area contributed by atoms with Crippen molar-refractivity contribution in [1.82, 2.24) is 21.3 Å². The Hall–Kier alpha value is -4.08. The Labute approximate surface area is 262 Å². The van der Waals surface area contributed by atoms with Crippen LogP contribution in [0.4, 0.5) is 0 Å².